The van der Waals surface area contributed by atoms with Crippen LogP contribution in [0.3, 0.4) is 0 Å². The Morgan fingerprint density at radius 2 is 2.04 bits per heavy atom. The normalized spacial score (nSPS) is 10.2. The van der Waals surface area contributed by atoms with Gasteiger partial charge in [0.15, 0.2) is 0 Å². The summed E-state index contributed by atoms with van der Waals surface area (Å²) in [7, 11) is 0. The molecule has 7 heteroatoms. The third-order valence-electron chi connectivity index (χ3n) is 3.27. The lowest BCUT2D eigenvalue weighted by Crippen LogP contribution is -2.04. The number of rotatable bonds is 6. The first-order valence-electron chi connectivity index (χ1n) is 7.63. The number of carbonyl (C=O) groups is 1. The molecule has 0 spiro atoms. The van der Waals surface area contributed by atoms with Crippen molar-refractivity contribution in [3.63, 3.8) is 0 Å². The van der Waals surface area contributed by atoms with E-state index < -0.39 is 6.61 Å². The Hall–Kier alpha value is -2.96. The van der Waals surface area contributed by atoms with Crippen LogP contribution in [-0.4, -0.2) is 29.1 Å². The molecule has 0 bridgehead atoms. The van der Waals surface area contributed by atoms with E-state index in [-0.39, 0.29) is 5.75 Å². The molecule has 0 saturated carbocycles. The van der Waals surface area contributed by atoms with Crippen molar-refractivity contribution in [1.29, 1.82) is 0 Å². The van der Waals surface area contributed by atoms with E-state index in [0.29, 0.717) is 19.5 Å². The number of carbonyl (C=O) groups excluding carboxylic acids is 1. The van der Waals surface area contributed by atoms with Gasteiger partial charge in [-0.1, -0.05) is 24.3 Å². The van der Waals surface area contributed by atoms with Gasteiger partial charge in [0, 0.05) is 25.0 Å². The second-order valence-electron chi connectivity index (χ2n) is 4.94. The Morgan fingerprint density at radius 3 is 2.72 bits per heavy atom. The molecule has 0 unspecified atom stereocenters. The van der Waals surface area contributed by atoms with E-state index in [4.69, 9.17) is 0 Å². The van der Waals surface area contributed by atoms with Gasteiger partial charge in [0.05, 0.1) is 6.61 Å². The molecule has 0 aliphatic heterocycles. The minimum absolute atomic E-state index is 0.216. The first-order valence-corrected chi connectivity index (χ1v) is 7.63. The van der Waals surface area contributed by atoms with Crippen LogP contribution >= 0.6 is 0 Å². The van der Waals surface area contributed by atoms with Gasteiger partial charge in [0.2, 0.25) is 0 Å². The van der Waals surface area contributed by atoms with Gasteiger partial charge in [0.1, 0.15) is 11.4 Å². The summed E-state index contributed by atoms with van der Waals surface area (Å²) < 4.78 is 35.3. The smallest absolute Gasteiger partial charge is 0.387 e. The Kier molecular flexibility index (Phi) is 6.88. The average molecular weight is 348 g/mol. The molecule has 132 valence electrons. The molecule has 0 aliphatic rings. The molecule has 3 aromatic rings. The Bertz CT molecular complexity index is 806. The van der Waals surface area contributed by atoms with Crippen molar-refractivity contribution in [3.8, 4) is 5.75 Å². The van der Waals surface area contributed by atoms with Crippen molar-refractivity contribution in [2.45, 2.75) is 20.0 Å². The van der Waals surface area contributed by atoms with Crippen LogP contribution in [0.1, 0.15) is 18.1 Å². The maximum Gasteiger partial charge on any atom is 0.387 e. The molecule has 0 N–H and O–H groups in total. The van der Waals surface area contributed by atoms with Crippen LogP contribution < -0.4 is 4.74 Å². The molecule has 1 aromatic carbocycles. The summed E-state index contributed by atoms with van der Waals surface area (Å²) in [6.07, 6.45) is 6.02. The van der Waals surface area contributed by atoms with Crippen LogP contribution in [0.4, 0.5) is 8.78 Å². The second-order valence-corrected chi connectivity index (χ2v) is 4.94. The topological polar surface area (TPSA) is 52.8 Å². The Labute approximate surface area is 143 Å². The van der Waals surface area contributed by atoms with Crippen LogP contribution in [0.15, 0.2) is 55.0 Å². The van der Waals surface area contributed by atoms with E-state index in [1.54, 1.807) is 31.3 Å². The van der Waals surface area contributed by atoms with E-state index in [1.165, 1.54) is 0 Å². The third kappa shape index (κ3) is 5.56. The summed E-state index contributed by atoms with van der Waals surface area (Å²) >= 11 is 0. The van der Waals surface area contributed by atoms with Crippen molar-refractivity contribution >= 4 is 12.1 Å². The lowest BCUT2D eigenvalue weighted by Gasteiger charge is -2.10. The van der Waals surface area contributed by atoms with Gasteiger partial charge >= 0.3 is 6.61 Å². The van der Waals surface area contributed by atoms with Crippen molar-refractivity contribution < 1.29 is 23.0 Å². The minimum atomic E-state index is -2.81. The van der Waals surface area contributed by atoms with Crippen LogP contribution in [0.5, 0.6) is 5.75 Å². The predicted molar refractivity (Wildman–Crippen MR) is 88.8 cm³/mol. The zero-order valence-electron chi connectivity index (χ0n) is 13.6. The van der Waals surface area contributed by atoms with Gasteiger partial charge in [-0.25, -0.2) is 4.98 Å². The maximum absolute atomic E-state index is 12.4. The van der Waals surface area contributed by atoms with Crippen LogP contribution in [0, 0.1) is 0 Å². The molecule has 2 heterocycles. The number of hydrogen-bond acceptors (Lipinski definition) is 4. The minimum Gasteiger partial charge on any atom is -0.468 e. The standard InChI is InChI=1S/C15H12F2N2O.C3H6O2/c16-15(17)20-13-4-2-1-3-12(13)9-11-5-6-14-18-7-8-19(14)10-11;1-2-5-3-4/h1-8,10,15H,9H2;3H,2H2,1H3. The Morgan fingerprint density at radius 1 is 1.24 bits per heavy atom. The van der Waals surface area contributed by atoms with Gasteiger partial charge < -0.3 is 13.9 Å². The number of alkyl halides is 2. The number of hydrogen-bond donors (Lipinski definition) is 0. The summed E-state index contributed by atoms with van der Waals surface area (Å²) in [4.78, 5) is 13.3. The van der Waals surface area contributed by atoms with E-state index in [0.717, 1.165) is 16.8 Å². The van der Waals surface area contributed by atoms with E-state index in [2.05, 4.69) is 14.5 Å². The van der Waals surface area contributed by atoms with Gasteiger partial charge in [-0.15, -0.1) is 0 Å². The molecule has 5 nitrogen and oxygen atoms in total. The number of ether oxygens (including phenoxy) is 2. The second kappa shape index (κ2) is 9.36. The number of fused-ring (bicyclic) bond motifs is 1. The fraction of sp³-hybridized carbons (Fsp3) is 0.222. The maximum atomic E-state index is 12.4. The fourth-order valence-electron chi connectivity index (χ4n) is 2.22. The number of halogens is 2. The molecule has 0 radical (unpaired) electrons. The highest BCUT2D eigenvalue weighted by molar-refractivity contribution is 5.42. The van der Waals surface area contributed by atoms with Crippen LogP contribution in [-0.2, 0) is 16.0 Å². The number of nitrogens with zero attached hydrogens (tertiary/aromatic N) is 2. The van der Waals surface area contributed by atoms with Crippen LogP contribution in [0.25, 0.3) is 5.65 Å². The number of para-hydroxylation sites is 1. The van der Waals surface area contributed by atoms with Crippen molar-refractivity contribution in [2.24, 2.45) is 0 Å². The SMILES string of the molecule is CCOC=O.FC(F)Oc1ccccc1Cc1ccc2nccn2c1. The molecule has 0 amide bonds. The summed E-state index contributed by atoms with van der Waals surface area (Å²) in [5.74, 6) is 0.216. The Balaban J connectivity index is 0.000000399. The number of imidazole rings is 1. The monoisotopic (exact) mass is 348 g/mol. The summed E-state index contributed by atoms with van der Waals surface area (Å²) in [6, 6.07) is 10.7. The number of pyridine rings is 1. The molecule has 0 saturated heterocycles. The highest BCUT2D eigenvalue weighted by Gasteiger charge is 2.09. The van der Waals surface area contributed by atoms with E-state index >= 15 is 0 Å². The lowest BCUT2D eigenvalue weighted by atomic mass is 10.1. The lowest BCUT2D eigenvalue weighted by molar-refractivity contribution is -0.128. The number of aromatic nitrogens is 2. The summed E-state index contributed by atoms with van der Waals surface area (Å²) in [6.45, 7) is -0.148. The highest BCUT2D eigenvalue weighted by atomic mass is 19.3. The highest BCUT2D eigenvalue weighted by Crippen LogP contribution is 2.23. The van der Waals surface area contributed by atoms with Gasteiger partial charge in [-0.3, -0.25) is 4.79 Å². The first-order chi connectivity index (χ1) is 12.1. The molecular formula is C18H18F2N2O3. The molecule has 2 aromatic heterocycles. The molecule has 3 rings (SSSR count). The van der Waals surface area contributed by atoms with E-state index in [1.807, 2.05) is 35.0 Å². The predicted octanol–water partition coefficient (Wildman–Crippen LogP) is 3.71. The largest absolute Gasteiger partial charge is 0.468 e. The van der Waals surface area contributed by atoms with E-state index in [9.17, 15) is 13.6 Å². The molecular weight excluding hydrogens is 330 g/mol. The van der Waals surface area contributed by atoms with Crippen molar-refractivity contribution in [1.82, 2.24) is 9.38 Å². The number of benzene rings is 1. The third-order valence-corrected chi connectivity index (χ3v) is 3.27. The van der Waals surface area contributed by atoms with Gasteiger partial charge in [-0.2, -0.15) is 8.78 Å². The molecule has 0 fully saturated rings. The average Bonchev–Trinajstić information content (AvgIpc) is 3.05. The zero-order valence-corrected chi connectivity index (χ0v) is 13.6. The van der Waals surface area contributed by atoms with Gasteiger partial charge in [0.25, 0.3) is 6.47 Å². The quantitative estimate of drug-likeness (QED) is 0.637. The van der Waals surface area contributed by atoms with Crippen molar-refractivity contribution in [3.05, 3.63) is 66.1 Å². The summed E-state index contributed by atoms with van der Waals surface area (Å²) in [5, 5.41) is 0. The van der Waals surface area contributed by atoms with Gasteiger partial charge in [-0.05, 0) is 30.2 Å². The zero-order chi connectivity index (χ0) is 18.1. The molecule has 0 atom stereocenters. The van der Waals surface area contributed by atoms with Crippen LogP contribution in [0.2, 0.25) is 0 Å². The van der Waals surface area contributed by atoms with Crippen molar-refractivity contribution in [2.75, 3.05) is 6.61 Å². The first kappa shape index (κ1) is 18.4. The fourth-order valence-corrected chi connectivity index (χ4v) is 2.22. The molecule has 25 heavy (non-hydrogen) atoms. The molecule has 0 aliphatic carbocycles. The summed E-state index contributed by atoms with van der Waals surface area (Å²) in [5.41, 5.74) is 2.58.